The lowest BCUT2D eigenvalue weighted by Crippen LogP contribution is -2.16. The number of hydrogen-bond acceptors (Lipinski definition) is 8. The zero-order chi connectivity index (χ0) is 24.1. The maximum atomic E-state index is 12.5. The van der Waals surface area contributed by atoms with Crippen LogP contribution in [-0.4, -0.2) is 39.5 Å². The second kappa shape index (κ2) is 11.0. The third-order valence-corrected chi connectivity index (χ3v) is 7.25. The van der Waals surface area contributed by atoms with Gasteiger partial charge in [0.2, 0.25) is 5.91 Å². The number of benzene rings is 1. The van der Waals surface area contributed by atoms with Gasteiger partial charge in [-0.3, -0.25) is 4.79 Å². The summed E-state index contributed by atoms with van der Waals surface area (Å²) in [5.74, 6) is 0.729. The zero-order valence-electron chi connectivity index (χ0n) is 19.0. The molecule has 0 saturated heterocycles. The number of nitrogens with one attached hydrogen (secondary N) is 1. The van der Waals surface area contributed by atoms with Crippen molar-refractivity contribution < 1.29 is 19.1 Å². The molecular formula is C22H25ClN4O4S2. The Balaban J connectivity index is 1.63. The van der Waals surface area contributed by atoms with Gasteiger partial charge in [-0.15, -0.1) is 21.5 Å². The van der Waals surface area contributed by atoms with E-state index >= 15 is 0 Å². The van der Waals surface area contributed by atoms with Crippen LogP contribution in [0.4, 0.5) is 5.00 Å². The van der Waals surface area contributed by atoms with E-state index in [1.807, 2.05) is 40.0 Å². The van der Waals surface area contributed by atoms with Crippen LogP contribution in [0.5, 0.6) is 5.75 Å². The van der Waals surface area contributed by atoms with E-state index in [0.29, 0.717) is 32.3 Å². The molecule has 3 rings (SSSR count). The van der Waals surface area contributed by atoms with E-state index < -0.39 is 5.97 Å². The fourth-order valence-electron chi connectivity index (χ4n) is 3.06. The number of anilines is 1. The van der Waals surface area contributed by atoms with Crippen LogP contribution in [0.1, 0.15) is 46.6 Å². The number of halogens is 1. The summed E-state index contributed by atoms with van der Waals surface area (Å²) in [5.41, 5.74) is 1.29. The first-order valence-corrected chi connectivity index (χ1v) is 12.4. The molecule has 0 aliphatic carbocycles. The summed E-state index contributed by atoms with van der Waals surface area (Å²) in [6.45, 7) is 5.79. The van der Waals surface area contributed by atoms with Crippen LogP contribution >= 0.6 is 34.7 Å². The lowest BCUT2D eigenvalue weighted by molar-refractivity contribution is -0.113. The quantitative estimate of drug-likeness (QED) is 0.319. The van der Waals surface area contributed by atoms with Crippen molar-refractivity contribution in [3.8, 4) is 5.75 Å². The molecule has 1 N–H and O–H groups in total. The number of methoxy groups -OCH3 is 1. The van der Waals surface area contributed by atoms with Gasteiger partial charge in [-0.2, -0.15) is 0 Å². The molecule has 0 bridgehead atoms. The summed E-state index contributed by atoms with van der Waals surface area (Å²) in [7, 11) is 3.14. The molecule has 8 nitrogen and oxygen atoms in total. The predicted molar refractivity (Wildman–Crippen MR) is 131 cm³/mol. The molecular weight excluding hydrogens is 484 g/mol. The minimum atomic E-state index is -0.475. The van der Waals surface area contributed by atoms with Crippen LogP contribution in [0.2, 0.25) is 5.02 Å². The number of rotatable bonds is 9. The van der Waals surface area contributed by atoms with Crippen LogP contribution in [0.3, 0.4) is 0 Å². The van der Waals surface area contributed by atoms with Gasteiger partial charge in [-0.25, -0.2) is 4.79 Å². The Morgan fingerprint density at radius 3 is 2.73 bits per heavy atom. The van der Waals surface area contributed by atoms with Gasteiger partial charge in [0.05, 0.1) is 18.4 Å². The number of carbonyl (C=O) groups is 2. The van der Waals surface area contributed by atoms with Crippen molar-refractivity contribution in [2.24, 2.45) is 7.05 Å². The van der Waals surface area contributed by atoms with Gasteiger partial charge >= 0.3 is 5.97 Å². The second-order valence-electron chi connectivity index (χ2n) is 7.21. The molecule has 1 unspecified atom stereocenters. The lowest BCUT2D eigenvalue weighted by atomic mass is 10.2. The van der Waals surface area contributed by atoms with Crippen LogP contribution in [0.15, 0.2) is 29.4 Å². The first kappa shape index (κ1) is 25.1. The van der Waals surface area contributed by atoms with Crippen molar-refractivity contribution in [2.75, 3.05) is 18.2 Å². The van der Waals surface area contributed by atoms with E-state index in [9.17, 15) is 9.59 Å². The first-order valence-electron chi connectivity index (χ1n) is 10.2. The van der Waals surface area contributed by atoms with E-state index in [2.05, 4.69) is 15.5 Å². The second-order valence-corrected chi connectivity index (χ2v) is 9.72. The number of nitrogens with zero attached hydrogens (tertiary/aromatic N) is 3. The molecule has 33 heavy (non-hydrogen) atoms. The van der Waals surface area contributed by atoms with Crippen molar-refractivity contribution in [2.45, 2.75) is 38.5 Å². The Labute approximate surface area is 205 Å². The van der Waals surface area contributed by atoms with E-state index in [0.717, 1.165) is 16.9 Å². The van der Waals surface area contributed by atoms with Crippen LogP contribution in [-0.2, 0) is 23.0 Å². The Bertz CT molecular complexity index is 1160. The maximum Gasteiger partial charge on any atom is 0.340 e. The standard InChI is InChI=1S/C22H25ClN4O4S2/c1-6-15-10-16(21(29)30-5)20(33-15)24-18(28)11-32-22-26-25-19(27(22)4)13(3)31-17-8-7-14(23)9-12(17)2/h7-10,13H,6,11H2,1-5H3,(H,24,28). The van der Waals surface area contributed by atoms with E-state index in [-0.39, 0.29) is 17.8 Å². The highest BCUT2D eigenvalue weighted by atomic mass is 35.5. The summed E-state index contributed by atoms with van der Waals surface area (Å²) in [5, 5.41) is 13.0. The van der Waals surface area contributed by atoms with Crippen molar-refractivity contribution in [3.63, 3.8) is 0 Å². The summed E-state index contributed by atoms with van der Waals surface area (Å²) in [6.07, 6.45) is 0.406. The van der Waals surface area contributed by atoms with E-state index in [1.54, 1.807) is 16.7 Å². The highest BCUT2D eigenvalue weighted by molar-refractivity contribution is 7.99. The Kier molecular flexibility index (Phi) is 8.39. The van der Waals surface area contributed by atoms with Crippen LogP contribution in [0.25, 0.3) is 0 Å². The van der Waals surface area contributed by atoms with Gasteiger partial charge in [-0.1, -0.05) is 30.3 Å². The third-order valence-electron chi connectivity index (χ3n) is 4.80. The first-order chi connectivity index (χ1) is 15.7. The molecule has 0 aliphatic rings. The number of thiophene rings is 1. The topological polar surface area (TPSA) is 95.3 Å². The molecule has 1 amide bonds. The number of aromatic nitrogens is 3. The highest BCUT2D eigenvalue weighted by Crippen LogP contribution is 2.30. The molecule has 11 heteroatoms. The number of carbonyl (C=O) groups excluding carboxylic acids is 2. The largest absolute Gasteiger partial charge is 0.482 e. The van der Waals surface area contributed by atoms with Gasteiger partial charge in [-0.05, 0) is 50.1 Å². The molecule has 176 valence electrons. The van der Waals surface area contributed by atoms with Crippen molar-refractivity contribution >= 4 is 51.6 Å². The molecule has 1 atom stereocenters. The normalized spacial score (nSPS) is 11.8. The Hall–Kier alpha value is -2.56. The molecule has 0 fully saturated rings. The fraction of sp³-hybridized carbons (Fsp3) is 0.364. The molecule has 0 saturated carbocycles. The van der Waals surface area contributed by atoms with Gasteiger partial charge in [0, 0.05) is 16.9 Å². The highest BCUT2D eigenvalue weighted by Gasteiger charge is 2.21. The minimum absolute atomic E-state index is 0.109. The number of esters is 1. The van der Waals surface area contributed by atoms with E-state index in [1.165, 1.54) is 30.2 Å². The molecule has 0 spiro atoms. The van der Waals surface area contributed by atoms with Gasteiger partial charge in [0.1, 0.15) is 10.8 Å². The third kappa shape index (κ3) is 6.07. The summed E-state index contributed by atoms with van der Waals surface area (Å²) < 4.78 is 12.6. The predicted octanol–water partition coefficient (Wildman–Crippen LogP) is 5.06. The number of hydrogen-bond donors (Lipinski definition) is 1. The SMILES string of the molecule is CCc1cc(C(=O)OC)c(NC(=O)CSc2nnc(C(C)Oc3ccc(Cl)cc3C)n2C)s1. The zero-order valence-corrected chi connectivity index (χ0v) is 21.4. The number of thioether (sulfide) groups is 1. The summed E-state index contributed by atoms with van der Waals surface area (Å²) >= 11 is 8.63. The van der Waals surface area contributed by atoms with Crippen molar-refractivity contribution in [1.29, 1.82) is 0 Å². The van der Waals surface area contributed by atoms with Crippen LogP contribution < -0.4 is 10.1 Å². The van der Waals surface area contributed by atoms with Gasteiger partial charge in [0.15, 0.2) is 17.1 Å². The van der Waals surface area contributed by atoms with Gasteiger partial charge in [0.25, 0.3) is 0 Å². The summed E-state index contributed by atoms with van der Waals surface area (Å²) in [4.78, 5) is 25.5. The molecule has 3 aromatic rings. The number of ether oxygens (including phenoxy) is 2. The number of amides is 1. The molecule has 0 radical (unpaired) electrons. The Morgan fingerprint density at radius 2 is 2.06 bits per heavy atom. The van der Waals surface area contributed by atoms with E-state index in [4.69, 9.17) is 21.1 Å². The maximum absolute atomic E-state index is 12.5. The Morgan fingerprint density at radius 1 is 1.30 bits per heavy atom. The average molecular weight is 509 g/mol. The monoisotopic (exact) mass is 508 g/mol. The van der Waals surface area contributed by atoms with Crippen molar-refractivity contribution in [3.05, 3.63) is 51.1 Å². The molecule has 1 aromatic carbocycles. The average Bonchev–Trinajstić information content (AvgIpc) is 3.36. The molecule has 2 heterocycles. The number of aryl methyl sites for hydroxylation is 2. The molecule has 2 aromatic heterocycles. The van der Waals surface area contributed by atoms with Crippen LogP contribution in [0, 0.1) is 6.92 Å². The minimum Gasteiger partial charge on any atom is -0.482 e. The van der Waals surface area contributed by atoms with Gasteiger partial charge < -0.3 is 19.4 Å². The smallest absolute Gasteiger partial charge is 0.340 e. The molecule has 0 aliphatic heterocycles. The summed E-state index contributed by atoms with van der Waals surface area (Å²) in [6, 6.07) is 7.18. The fourth-order valence-corrected chi connectivity index (χ4v) is 5.00. The van der Waals surface area contributed by atoms with Crippen molar-refractivity contribution in [1.82, 2.24) is 14.8 Å². The lowest BCUT2D eigenvalue weighted by Gasteiger charge is -2.16.